The maximum atomic E-state index is 13.3. The van der Waals surface area contributed by atoms with Gasteiger partial charge in [0.25, 0.3) is 0 Å². The van der Waals surface area contributed by atoms with Gasteiger partial charge < -0.3 is 14.8 Å². The monoisotopic (exact) mass is 565 g/mol. The summed E-state index contributed by atoms with van der Waals surface area (Å²) in [7, 11) is 1.67. The van der Waals surface area contributed by atoms with Crippen LogP contribution in [0.4, 0.5) is 16.3 Å². The van der Waals surface area contributed by atoms with Crippen LogP contribution in [0.25, 0.3) is 16.5 Å². The molecule has 218 valence electrons. The van der Waals surface area contributed by atoms with E-state index in [1.807, 2.05) is 73.7 Å². The molecule has 1 aliphatic rings. The molecule has 2 atom stereocenters. The van der Waals surface area contributed by atoms with Gasteiger partial charge in [0.2, 0.25) is 0 Å². The van der Waals surface area contributed by atoms with Gasteiger partial charge in [-0.25, -0.2) is 9.48 Å². The van der Waals surface area contributed by atoms with E-state index in [0.29, 0.717) is 24.7 Å². The average molecular weight is 566 g/mol. The van der Waals surface area contributed by atoms with E-state index in [1.54, 1.807) is 11.8 Å². The largest absolute Gasteiger partial charge is 0.354 e. The fourth-order valence-corrected chi connectivity index (χ4v) is 5.03. The fraction of sp³-hybridized carbons (Fsp3) is 0.353. The number of carbonyl (C=O) groups is 1. The summed E-state index contributed by atoms with van der Waals surface area (Å²) >= 11 is 0. The van der Waals surface area contributed by atoms with Crippen molar-refractivity contribution < 1.29 is 14.3 Å². The van der Waals surface area contributed by atoms with Crippen molar-refractivity contribution >= 4 is 28.3 Å². The van der Waals surface area contributed by atoms with Crippen LogP contribution in [0.2, 0.25) is 0 Å². The van der Waals surface area contributed by atoms with Crippen LogP contribution in [0.3, 0.4) is 0 Å². The van der Waals surface area contributed by atoms with Crippen molar-refractivity contribution in [3.8, 4) is 17.5 Å². The first-order chi connectivity index (χ1) is 20.1. The lowest BCUT2D eigenvalue weighted by atomic mass is 9.92. The quantitative estimate of drug-likeness (QED) is 0.277. The first-order valence-corrected chi connectivity index (χ1v) is 14.3. The van der Waals surface area contributed by atoms with Gasteiger partial charge in [-0.3, -0.25) is 10.2 Å². The third-order valence-electron chi connectivity index (χ3n) is 7.54. The summed E-state index contributed by atoms with van der Waals surface area (Å²) in [5.41, 5.74) is 4.36. The van der Waals surface area contributed by atoms with Crippen molar-refractivity contribution in [2.75, 3.05) is 37.4 Å². The summed E-state index contributed by atoms with van der Waals surface area (Å²) in [4.78, 5) is 15.6. The summed E-state index contributed by atoms with van der Waals surface area (Å²) < 4.78 is 12.9. The Balaban J connectivity index is 1.36. The number of methoxy groups -OCH3 is 1. The van der Waals surface area contributed by atoms with Crippen LogP contribution < -0.4 is 10.6 Å². The van der Waals surface area contributed by atoms with Crippen molar-refractivity contribution in [3.05, 3.63) is 83.6 Å². The molecule has 0 saturated carbocycles. The predicted octanol–water partition coefficient (Wildman–Crippen LogP) is 6.32. The lowest BCUT2D eigenvalue weighted by Crippen LogP contribution is -2.50. The number of hydrogen-bond acceptors (Lipinski definition) is 5. The maximum Gasteiger partial charge on any atom is 0.324 e. The number of ether oxygens (including phenoxy) is 2. The SMILES string of the molecule is COC1OCCN(CC#Cc2ccc(NC(=O)Nc3cc(C(C)(C)C)nn3-c3ccc(C)cc3)c3ccccc23)C1C. The molecule has 8 heteroatoms. The molecule has 3 aromatic carbocycles. The Labute approximate surface area is 248 Å². The number of nitrogens with zero attached hydrogens (tertiary/aromatic N) is 3. The van der Waals surface area contributed by atoms with Crippen LogP contribution in [-0.4, -0.2) is 59.8 Å². The molecular formula is C34H39N5O3. The zero-order chi connectivity index (χ0) is 29.9. The summed E-state index contributed by atoms with van der Waals surface area (Å²) in [6.07, 6.45) is -0.242. The van der Waals surface area contributed by atoms with Crippen LogP contribution in [0.5, 0.6) is 0 Å². The normalized spacial score (nSPS) is 17.5. The van der Waals surface area contributed by atoms with E-state index in [1.165, 1.54) is 0 Å². The minimum Gasteiger partial charge on any atom is -0.354 e. The minimum atomic E-state index is -0.346. The summed E-state index contributed by atoms with van der Waals surface area (Å²) in [5, 5.41) is 12.8. The zero-order valence-corrected chi connectivity index (χ0v) is 25.2. The highest BCUT2D eigenvalue weighted by atomic mass is 16.7. The van der Waals surface area contributed by atoms with Crippen molar-refractivity contribution in [2.45, 2.75) is 52.4 Å². The number of nitrogens with one attached hydrogen (secondary N) is 2. The van der Waals surface area contributed by atoms with Gasteiger partial charge >= 0.3 is 6.03 Å². The van der Waals surface area contributed by atoms with Crippen LogP contribution >= 0.6 is 0 Å². The van der Waals surface area contributed by atoms with Gasteiger partial charge in [0.05, 0.1) is 36.3 Å². The van der Waals surface area contributed by atoms with Crippen LogP contribution in [0.1, 0.15) is 44.5 Å². The van der Waals surface area contributed by atoms with E-state index in [9.17, 15) is 4.79 Å². The fourth-order valence-electron chi connectivity index (χ4n) is 5.03. The molecule has 2 heterocycles. The van der Waals surface area contributed by atoms with Gasteiger partial charge in [-0.05, 0) is 43.5 Å². The van der Waals surface area contributed by atoms with Gasteiger partial charge in [-0.1, -0.05) is 74.6 Å². The molecule has 0 aliphatic carbocycles. The second-order valence-electron chi connectivity index (χ2n) is 11.7. The average Bonchev–Trinajstić information content (AvgIpc) is 3.39. The van der Waals surface area contributed by atoms with Crippen molar-refractivity contribution in [2.24, 2.45) is 0 Å². The summed E-state index contributed by atoms with van der Waals surface area (Å²) in [6.45, 7) is 12.5. The van der Waals surface area contributed by atoms with Gasteiger partial charge in [0, 0.05) is 36.1 Å². The summed E-state index contributed by atoms with van der Waals surface area (Å²) in [5.74, 6) is 7.27. The van der Waals surface area contributed by atoms with E-state index in [4.69, 9.17) is 14.6 Å². The Hall–Kier alpha value is -4.16. The molecule has 8 nitrogen and oxygen atoms in total. The maximum absolute atomic E-state index is 13.3. The molecule has 2 N–H and O–H groups in total. The Morgan fingerprint density at radius 1 is 1.07 bits per heavy atom. The number of anilines is 2. The van der Waals surface area contributed by atoms with E-state index in [-0.39, 0.29) is 23.8 Å². The molecule has 5 rings (SSSR count). The molecule has 0 radical (unpaired) electrons. The Kier molecular flexibility index (Phi) is 8.64. The first kappa shape index (κ1) is 29.3. The number of aryl methyl sites for hydroxylation is 1. The predicted molar refractivity (Wildman–Crippen MR) is 168 cm³/mol. The Bertz CT molecular complexity index is 1630. The van der Waals surface area contributed by atoms with Crippen LogP contribution in [-0.2, 0) is 14.9 Å². The lowest BCUT2D eigenvalue weighted by Gasteiger charge is -2.37. The first-order valence-electron chi connectivity index (χ1n) is 14.3. The number of urea groups is 1. The van der Waals surface area contributed by atoms with Crippen LogP contribution in [0, 0.1) is 18.8 Å². The number of hydrogen-bond donors (Lipinski definition) is 2. The molecule has 1 aliphatic heterocycles. The Morgan fingerprint density at radius 2 is 1.81 bits per heavy atom. The van der Waals surface area contributed by atoms with Gasteiger partial charge in [0.1, 0.15) is 5.82 Å². The second-order valence-corrected chi connectivity index (χ2v) is 11.7. The van der Waals surface area contributed by atoms with Gasteiger partial charge in [0.15, 0.2) is 6.29 Å². The number of carbonyl (C=O) groups excluding carboxylic acids is 1. The molecule has 1 aromatic heterocycles. The third kappa shape index (κ3) is 6.50. The van der Waals surface area contributed by atoms with Gasteiger partial charge in [-0.15, -0.1) is 0 Å². The van der Waals surface area contributed by atoms with E-state index in [0.717, 1.165) is 39.8 Å². The number of rotatable bonds is 5. The molecule has 1 fully saturated rings. The number of benzene rings is 3. The van der Waals surface area contributed by atoms with Crippen molar-refractivity contribution in [3.63, 3.8) is 0 Å². The second kappa shape index (κ2) is 12.4. The summed E-state index contributed by atoms with van der Waals surface area (Å²) in [6, 6.07) is 21.6. The molecule has 4 aromatic rings. The molecule has 0 bridgehead atoms. The number of fused-ring (bicyclic) bond motifs is 1. The molecular weight excluding hydrogens is 526 g/mol. The highest BCUT2D eigenvalue weighted by Gasteiger charge is 2.28. The van der Waals surface area contributed by atoms with E-state index >= 15 is 0 Å². The van der Waals surface area contributed by atoms with Gasteiger partial charge in [-0.2, -0.15) is 5.10 Å². The smallest absolute Gasteiger partial charge is 0.324 e. The van der Waals surface area contributed by atoms with Crippen molar-refractivity contribution in [1.29, 1.82) is 0 Å². The molecule has 2 unspecified atom stereocenters. The molecule has 0 spiro atoms. The number of aromatic nitrogens is 2. The molecule has 1 saturated heterocycles. The van der Waals surface area contributed by atoms with E-state index in [2.05, 4.69) is 55.1 Å². The molecule has 2 amide bonds. The molecule has 42 heavy (non-hydrogen) atoms. The lowest BCUT2D eigenvalue weighted by molar-refractivity contribution is -0.189. The topological polar surface area (TPSA) is 80.7 Å². The zero-order valence-electron chi connectivity index (χ0n) is 25.2. The highest BCUT2D eigenvalue weighted by Crippen LogP contribution is 2.29. The standard InChI is InChI=1S/C34H39N5O3/c1-23-13-16-26(17-14-23)39-31(22-30(37-39)34(3,4)5)36-33(40)35-29-18-15-25(27-11-7-8-12-28(27)29)10-9-19-38-20-21-42-32(41-6)24(38)2/h7-8,11-18,22,24,32H,19-21H2,1-6H3,(H2,35,36,40). The third-order valence-corrected chi connectivity index (χ3v) is 7.54. The highest BCUT2D eigenvalue weighted by molar-refractivity contribution is 6.07. The minimum absolute atomic E-state index is 0.127. The van der Waals surface area contributed by atoms with Crippen molar-refractivity contribution in [1.82, 2.24) is 14.7 Å². The number of amides is 2. The van der Waals surface area contributed by atoms with E-state index < -0.39 is 0 Å². The Morgan fingerprint density at radius 3 is 2.52 bits per heavy atom. The number of morpholine rings is 1. The van der Waals surface area contributed by atoms with Crippen LogP contribution in [0.15, 0.2) is 66.7 Å².